The molecule has 0 unspecified atom stereocenters. The predicted octanol–water partition coefficient (Wildman–Crippen LogP) is -32.5. The van der Waals surface area contributed by atoms with E-state index in [1.54, 1.807) is 0 Å². The maximum absolute atomic E-state index is 7.31. The molecule has 93 heteroatoms. The van der Waals surface area contributed by atoms with Crippen molar-refractivity contribution in [3.05, 3.63) is 29.3 Å². The van der Waals surface area contributed by atoms with E-state index in [-0.39, 0.29) is 0 Å². The molecule has 0 saturated carbocycles. The van der Waals surface area contributed by atoms with Crippen molar-refractivity contribution in [3.8, 4) is 0 Å². The Balaban J connectivity index is 0.00000188. The monoisotopic (exact) mass is 1240 g/mol. The van der Waals surface area contributed by atoms with Gasteiger partial charge in [-0.25, -0.2) is 0 Å². The lowest BCUT2D eigenvalue weighted by molar-refractivity contribution is 0.209. The van der Waals surface area contributed by atoms with Crippen LogP contribution in [0.4, 0.5) is 5.69 Å². The lowest BCUT2D eigenvalue weighted by atomic mass is 8.19. The molecule has 2 aliphatic rings. The molecule has 0 amide bonds. The molecule has 0 aromatic heterocycles. The minimum atomic E-state index is -2.14. The van der Waals surface area contributed by atoms with Gasteiger partial charge in [0.2, 0.25) is 0 Å². The Morgan fingerprint density at radius 3 is 0.546 bits per heavy atom. The van der Waals surface area contributed by atoms with Crippen LogP contribution in [0.1, 0.15) is 25.0 Å². The van der Waals surface area contributed by atoms with Gasteiger partial charge in [-0.1, -0.05) is 6.07 Å². The molecule has 108 heavy (non-hydrogen) atoms. The zero-order valence-corrected chi connectivity index (χ0v) is 63.4. The van der Waals surface area contributed by atoms with Crippen LogP contribution in [0.2, 0.25) is 0 Å². The summed E-state index contributed by atoms with van der Waals surface area (Å²) in [6.45, 7) is 11.3. The van der Waals surface area contributed by atoms with Gasteiger partial charge in [0.05, 0.1) is 0 Å². The summed E-state index contributed by atoms with van der Waals surface area (Å²) in [5.74, 6) is 0. The van der Waals surface area contributed by atoms with Crippen LogP contribution in [0.15, 0.2) is 18.2 Å². The number of piperazine rings is 1. The van der Waals surface area contributed by atoms with E-state index in [4.69, 9.17) is 356 Å². The van der Waals surface area contributed by atoms with E-state index in [0.717, 1.165) is 26.2 Å². The molecule has 368 valence electrons. The third kappa shape index (κ3) is 29.2. The molecule has 2 heterocycles. The second kappa shape index (κ2) is 50.5. The molecule has 0 atom stereocenters. The van der Waals surface area contributed by atoms with Gasteiger partial charge < -0.3 is 10.2 Å². The van der Waals surface area contributed by atoms with Crippen molar-refractivity contribution in [2.45, 2.75) is 33.0 Å². The number of nitrogens with one attached hydrogen (secondary N) is 1. The number of fused-ring (bicyclic) bond motifs is 1. The number of nitrogens with zero attached hydrogens (tertiary/aromatic N) is 2. The van der Waals surface area contributed by atoms with Crippen LogP contribution in [0.3, 0.4) is 0 Å². The molecular formula is C15H23B90N3. The molecule has 3 rings (SSSR count). The topological polar surface area (TPSA) is 18.5 Å². The van der Waals surface area contributed by atoms with Gasteiger partial charge in [-0.15, -0.1) is 0 Å². The average Bonchev–Trinajstić information content (AvgIpc) is 0.838. The van der Waals surface area contributed by atoms with E-state index < -0.39 is 281 Å². The average molecular weight is 1220 g/mol. The molecule has 0 aliphatic carbocycles. The molecule has 92 radical (unpaired) electrons. The van der Waals surface area contributed by atoms with Gasteiger partial charge in [0.15, 0.2) is 0 Å². The minimum Gasteiger partial charge on any atom is -0.369 e. The van der Waals surface area contributed by atoms with Crippen LogP contribution in [0.25, 0.3) is 0 Å². The fourth-order valence-electron chi connectivity index (χ4n) is 19.1. The van der Waals surface area contributed by atoms with Gasteiger partial charge in [-0.3, -0.25) is 4.90 Å². The Labute approximate surface area is 738 Å². The van der Waals surface area contributed by atoms with Crippen molar-refractivity contribution in [3.63, 3.8) is 0 Å². The number of hydrogen-bond acceptors (Lipinski definition) is 3. The van der Waals surface area contributed by atoms with E-state index in [1.807, 2.05) is 0 Å². The lowest BCUT2D eigenvalue weighted by Crippen LogP contribution is -3.00. The van der Waals surface area contributed by atoms with Crippen molar-refractivity contribution in [2.75, 3.05) is 31.1 Å². The van der Waals surface area contributed by atoms with Crippen molar-refractivity contribution >= 4 is 643 Å². The summed E-state index contributed by atoms with van der Waals surface area (Å²) >= 11 is 0. The first-order valence-electron chi connectivity index (χ1n) is 36.7. The van der Waals surface area contributed by atoms with Crippen LogP contribution in [0, 0.1) is 0 Å². The Morgan fingerprint density at radius 1 is 0.213 bits per heavy atom. The normalized spacial score (nSPS) is 11.6. The maximum Gasteiger partial charge on any atom is 0.0370 e. The summed E-state index contributed by atoms with van der Waals surface area (Å²) < 4.78 is 0. The molecule has 0 bridgehead atoms. The first kappa shape index (κ1) is 109. The van der Waals surface area contributed by atoms with Crippen molar-refractivity contribution in [2.24, 2.45) is 0 Å². The molecule has 0 spiro atoms. The SMILES string of the molecule is CC(C)N1CCN(c2ccc3c(c2)CNC3)CC1.[B]B([B])B(B([B])[B])B(B([B])[B])B(B(B(B([B])[B])B([B])[B])B(B([B])[B])B([B])[B])B(B(B(B(B([B])[B])B([B])[B])B(B([B])[B])B([B])[B])B(B(B([B])[B])B([B])[B])B(B([B])[B])B([B])[B])B(B(B(B([B])[B])B([B])[B])B(B([B])[B])B([B])[B])B(B(B([B])[B])B([B])[B])B(B([B])[B])B([B])[B]. The molecular weight excluding hydrogens is 1200 g/mol. The Hall–Kier alpha value is 4.78. The highest BCUT2D eigenvalue weighted by Gasteiger charge is 2.67. The molecule has 1 fully saturated rings. The Morgan fingerprint density at radius 2 is 0.370 bits per heavy atom. The van der Waals surface area contributed by atoms with Crippen molar-refractivity contribution < 1.29 is 0 Å². The zero-order valence-electron chi connectivity index (χ0n) is 63.4. The summed E-state index contributed by atoms with van der Waals surface area (Å²) in [5, 5.41) is 3.41. The van der Waals surface area contributed by atoms with Crippen LogP contribution >= 0.6 is 0 Å². The number of hydrogen-bond donors (Lipinski definition) is 1. The van der Waals surface area contributed by atoms with Crippen LogP contribution in [0.5, 0.6) is 0 Å². The van der Waals surface area contributed by atoms with E-state index in [9.17, 15) is 0 Å². The smallest absolute Gasteiger partial charge is 0.0370 e. The van der Waals surface area contributed by atoms with E-state index in [1.165, 1.54) is 29.9 Å². The van der Waals surface area contributed by atoms with Crippen LogP contribution in [-0.2, 0) is 13.1 Å². The van der Waals surface area contributed by atoms with Gasteiger partial charge in [0.25, 0.3) is 0 Å². The number of rotatable bonds is 45. The van der Waals surface area contributed by atoms with Gasteiger partial charge in [0, 0.05) is 688 Å². The summed E-state index contributed by atoms with van der Waals surface area (Å²) in [5.41, 5.74) is 4.36. The molecule has 3 nitrogen and oxygen atoms in total. The van der Waals surface area contributed by atoms with Gasteiger partial charge in [0.1, 0.15) is 0 Å². The van der Waals surface area contributed by atoms with Crippen LogP contribution < -0.4 is 10.2 Å². The predicted molar refractivity (Wildman–Crippen MR) is 594 cm³/mol. The van der Waals surface area contributed by atoms with Crippen molar-refractivity contribution in [1.29, 1.82) is 0 Å². The maximum atomic E-state index is 7.31. The first-order chi connectivity index (χ1) is 49.6. The highest BCUT2D eigenvalue weighted by atomic mass is 15.3. The Bertz CT molecular complexity index is 2210. The van der Waals surface area contributed by atoms with Crippen LogP contribution in [-0.4, -0.2) is 674 Å². The summed E-state index contributed by atoms with van der Waals surface area (Å²) in [4.78, 5) is 5.09. The third-order valence-electron chi connectivity index (χ3n) is 23.3. The minimum absolute atomic E-state index is 0.677. The van der Waals surface area contributed by atoms with Gasteiger partial charge in [-0.05, 0) is 37.1 Å². The summed E-state index contributed by atoms with van der Waals surface area (Å²) in [6.07, 6.45) is -79.1. The van der Waals surface area contributed by atoms with E-state index >= 15 is 0 Å². The lowest BCUT2D eigenvalue weighted by Gasteiger charge is -2.62. The molecule has 1 aromatic carbocycles. The largest absolute Gasteiger partial charge is 0.369 e. The van der Waals surface area contributed by atoms with E-state index in [0.29, 0.717) is 6.04 Å². The van der Waals surface area contributed by atoms with Gasteiger partial charge in [-0.2, -0.15) is 0 Å². The molecule has 1 saturated heterocycles. The fourth-order valence-corrected chi connectivity index (χ4v) is 19.1. The number of anilines is 1. The highest BCUT2D eigenvalue weighted by molar-refractivity contribution is 8.43. The molecule has 2 aliphatic heterocycles. The molecule has 1 aromatic rings. The second-order valence-electron chi connectivity index (χ2n) is 31.1. The Kier molecular flexibility index (Phi) is 50.9. The third-order valence-corrected chi connectivity index (χ3v) is 23.3. The highest BCUT2D eigenvalue weighted by Crippen LogP contribution is 2.30. The first-order valence-corrected chi connectivity index (χ1v) is 36.7. The quantitative estimate of drug-likeness (QED) is 0.0657. The summed E-state index contributed by atoms with van der Waals surface area (Å²) in [6, 6.07) is 7.63. The van der Waals surface area contributed by atoms with Crippen molar-refractivity contribution in [1.82, 2.24) is 10.2 Å². The fraction of sp³-hybridized carbons (Fsp3) is 0.600. The van der Waals surface area contributed by atoms with Gasteiger partial charge >= 0.3 is 0 Å². The van der Waals surface area contributed by atoms with E-state index in [2.05, 4.69) is 47.2 Å². The second-order valence-corrected chi connectivity index (χ2v) is 31.1. The summed E-state index contributed by atoms with van der Waals surface area (Å²) in [7, 11) is 322. The standard InChI is InChI=1S/C15H23N3.B90/c1-12(2)17-5-7-18(8-6-17)15-4-3-13-10-16-11-14(13)9-15;1-47(2)70(48(3)4)81(69(45)46)87(82(71(49(5)6)50(7)8)72(51(9)10)52(11)12)90(88(83(73(53(13)14)54(15)16)74(55(17)18)56(19)20)84(75(57(21)22)58(23)24)76(59(25)26)60(27)28)89(85(77(61(29)30)62(31)32)78(63(33)34)64(35)36)86(79(65(37)38)66(39)40)80(67(41)42)68(43)44/h3-4,9,12,16H,5-8,10-11H2,1-2H3;. The molecule has 1 N–H and O–H groups in total. The number of benzene rings is 1. The zero-order chi connectivity index (χ0) is 83.9.